The molecule has 1 aromatic heterocycles. The van der Waals surface area contributed by atoms with Crippen molar-refractivity contribution >= 4 is 21.9 Å². The van der Waals surface area contributed by atoms with Gasteiger partial charge in [0.15, 0.2) is 0 Å². The van der Waals surface area contributed by atoms with Crippen LogP contribution in [0.1, 0.15) is 15.9 Å². The quantitative estimate of drug-likeness (QED) is 0.811. The SMILES string of the molecule is COC(=O)c1ccc(COc2cc(Br)ccn2)cc1. The summed E-state index contributed by atoms with van der Waals surface area (Å²) >= 11 is 3.35. The monoisotopic (exact) mass is 321 g/mol. The third kappa shape index (κ3) is 3.79. The zero-order valence-electron chi connectivity index (χ0n) is 10.3. The summed E-state index contributed by atoms with van der Waals surface area (Å²) in [5.41, 5.74) is 1.47. The number of carbonyl (C=O) groups excluding carboxylic acids is 1. The molecule has 4 nitrogen and oxygen atoms in total. The fourth-order valence-electron chi connectivity index (χ4n) is 1.48. The maximum Gasteiger partial charge on any atom is 0.337 e. The third-order valence-electron chi connectivity index (χ3n) is 2.46. The molecule has 0 aliphatic carbocycles. The Hall–Kier alpha value is -1.88. The normalized spacial score (nSPS) is 10.0. The molecule has 0 amide bonds. The van der Waals surface area contributed by atoms with Crippen LogP contribution in [0.4, 0.5) is 0 Å². The number of halogens is 1. The first-order chi connectivity index (χ1) is 9.19. The highest BCUT2D eigenvalue weighted by Gasteiger charge is 2.04. The fraction of sp³-hybridized carbons (Fsp3) is 0.143. The Morgan fingerprint density at radius 2 is 2.00 bits per heavy atom. The summed E-state index contributed by atoms with van der Waals surface area (Å²) in [6, 6.07) is 10.7. The number of hydrogen-bond donors (Lipinski definition) is 0. The van der Waals surface area contributed by atoms with Gasteiger partial charge >= 0.3 is 5.97 Å². The molecule has 0 saturated carbocycles. The minimum absolute atomic E-state index is 0.346. The molecule has 0 saturated heterocycles. The highest BCUT2D eigenvalue weighted by Crippen LogP contribution is 2.16. The minimum atomic E-state index is -0.346. The number of benzene rings is 1. The molecule has 0 fully saturated rings. The summed E-state index contributed by atoms with van der Waals surface area (Å²) in [6.45, 7) is 0.394. The van der Waals surface area contributed by atoms with Crippen molar-refractivity contribution in [2.45, 2.75) is 6.61 Å². The predicted molar refractivity (Wildman–Crippen MR) is 74.1 cm³/mol. The maximum atomic E-state index is 11.3. The van der Waals surface area contributed by atoms with E-state index in [0.29, 0.717) is 18.1 Å². The van der Waals surface area contributed by atoms with E-state index in [4.69, 9.17) is 4.74 Å². The van der Waals surface area contributed by atoms with Gasteiger partial charge in [-0.05, 0) is 23.8 Å². The first-order valence-electron chi connectivity index (χ1n) is 5.60. The summed E-state index contributed by atoms with van der Waals surface area (Å²) in [4.78, 5) is 15.4. The molecule has 0 aliphatic heterocycles. The van der Waals surface area contributed by atoms with Gasteiger partial charge in [-0.15, -0.1) is 0 Å². The van der Waals surface area contributed by atoms with Crippen LogP contribution in [0.2, 0.25) is 0 Å². The lowest BCUT2D eigenvalue weighted by Crippen LogP contribution is -2.02. The van der Waals surface area contributed by atoms with E-state index in [-0.39, 0.29) is 5.97 Å². The Kier molecular flexibility index (Phi) is 4.52. The largest absolute Gasteiger partial charge is 0.473 e. The lowest BCUT2D eigenvalue weighted by atomic mass is 10.1. The van der Waals surface area contributed by atoms with Crippen molar-refractivity contribution in [3.05, 3.63) is 58.2 Å². The first-order valence-corrected chi connectivity index (χ1v) is 6.40. The van der Waals surface area contributed by atoms with Gasteiger partial charge in [0.1, 0.15) is 6.61 Å². The molecule has 2 aromatic rings. The van der Waals surface area contributed by atoms with E-state index in [1.165, 1.54) is 7.11 Å². The van der Waals surface area contributed by atoms with Crippen LogP contribution >= 0.6 is 15.9 Å². The van der Waals surface area contributed by atoms with Crippen molar-refractivity contribution in [1.82, 2.24) is 4.98 Å². The van der Waals surface area contributed by atoms with Crippen LogP contribution in [0.3, 0.4) is 0 Å². The molecule has 0 atom stereocenters. The molecule has 0 bridgehead atoms. The van der Waals surface area contributed by atoms with Crippen molar-refractivity contribution in [2.75, 3.05) is 7.11 Å². The molecule has 0 unspecified atom stereocenters. The van der Waals surface area contributed by atoms with E-state index in [0.717, 1.165) is 10.0 Å². The molecule has 0 radical (unpaired) electrons. The van der Waals surface area contributed by atoms with Crippen LogP contribution < -0.4 is 4.74 Å². The molecule has 98 valence electrons. The van der Waals surface area contributed by atoms with Gasteiger partial charge in [-0.1, -0.05) is 28.1 Å². The topological polar surface area (TPSA) is 48.4 Å². The van der Waals surface area contributed by atoms with Crippen LogP contribution in [-0.4, -0.2) is 18.1 Å². The molecule has 0 aliphatic rings. The molecular weight excluding hydrogens is 310 g/mol. The summed E-state index contributed by atoms with van der Waals surface area (Å²) < 4.78 is 11.1. The van der Waals surface area contributed by atoms with Crippen LogP contribution in [0.15, 0.2) is 47.1 Å². The first kappa shape index (κ1) is 13.5. The minimum Gasteiger partial charge on any atom is -0.473 e. The lowest BCUT2D eigenvalue weighted by Gasteiger charge is -2.06. The number of aromatic nitrogens is 1. The Bertz CT molecular complexity index is 569. The van der Waals surface area contributed by atoms with E-state index in [9.17, 15) is 4.79 Å². The average Bonchev–Trinajstić information content (AvgIpc) is 2.45. The summed E-state index contributed by atoms with van der Waals surface area (Å²) in [5.74, 6) is 0.201. The number of carbonyl (C=O) groups is 1. The maximum absolute atomic E-state index is 11.3. The molecule has 0 spiro atoms. The van der Waals surface area contributed by atoms with Crippen molar-refractivity contribution in [1.29, 1.82) is 0 Å². The smallest absolute Gasteiger partial charge is 0.337 e. The Labute approximate surface area is 119 Å². The molecule has 2 rings (SSSR count). The Balaban J connectivity index is 1.98. The van der Waals surface area contributed by atoms with E-state index in [1.807, 2.05) is 18.2 Å². The summed E-state index contributed by atoms with van der Waals surface area (Å²) in [7, 11) is 1.36. The number of rotatable bonds is 4. The third-order valence-corrected chi connectivity index (χ3v) is 2.95. The standard InChI is InChI=1S/C14H12BrNO3/c1-18-14(17)11-4-2-10(3-5-11)9-19-13-8-12(15)6-7-16-13/h2-8H,9H2,1H3. The summed E-state index contributed by atoms with van der Waals surface area (Å²) in [5, 5.41) is 0. The van der Waals surface area contributed by atoms with Gasteiger partial charge in [-0.2, -0.15) is 0 Å². The van der Waals surface area contributed by atoms with Gasteiger partial charge in [0.25, 0.3) is 0 Å². The number of hydrogen-bond acceptors (Lipinski definition) is 4. The number of methoxy groups -OCH3 is 1. The Morgan fingerprint density at radius 3 is 2.63 bits per heavy atom. The molecule has 0 N–H and O–H groups in total. The van der Waals surface area contributed by atoms with Gasteiger partial charge in [0.2, 0.25) is 5.88 Å². The van der Waals surface area contributed by atoms with Crippen LogP contribution in [0, 0.1) is 0 Å². The zero-order valence-corrected chi connectivity index (χ0v) is 11.9. The van der Waals surface area contributed by atoms with Crippen LogP contribution in [0.5, 0.6) is 5.88 Å². The molecule has 1 aromatic carbocycles. The second-order valence-corrected chi connectivity index (χ2v) is 4.71. The van der Waals surface area contributed by atoms with Gasteiger partial charge < -0.3 is 9.47 Å². The number of ether oxygens (including phenoxy) is 2. The molecular formula is C14H12BrNO3. The number of esters is 1. The van der Waals surface area contributed by atoms with E-state index in [2.05, 4.69) is 25.7 Å². The number of pyridine rings is 1. The molecule has 1 heterocycles. The zero-order chi connectivity index (χ0) is 13.7. The second kappa shape index (κ2) is 6.33. The highest BCUT2D eigenvalue weighted by molar-refractivity contribution is 9.10. The van der Waals surface area contributed by atoms with Crippen molar-refractivity contribution in [3.63, 3.8) is 0 Å². The van der Waals surface area contributed by atoms with Crippen molar-refractivity contribution in [3.8, 4) is 5.88 Å². The van der Waals surface area contributed by atoms with Gasteiger partial charge in [-0.3, -0.25) is 0 Å². The predicted octanol–water partition coefficient (Wildman–Crippen LogP) is 3.21. The van der Waals surface area contributed by atoms with Crippen molar-refractivity contribution in [2.24, 2.45) is 0 Å². The highest BCUT2D eigenvalue weighted by atomic mass is 79.9. The van der Waals surface area contributed by atoms with Crippen molar-refractivity contribution < 1.29 is 14.3 Å². The van der Waals surface area contributed by atoms with Crippen LogP contribution in [-0.2, 0) is 11.3 Å². The fourth-order valence-corrected chi connectivity index (χ4v) is 1.79. The average molecular weight is 322 g/mol. The van der Waals surface area contributed by atoms with E-state index >= 15 is 0 Å². The Morgan fingerprint density at radius 1 is 1.26 bits per heavy atom. The second-order valence-electron chi connectivity index (χ2n) is 3.79. The molecule has 19 heavy (non-hydrogen) atoms. The van der Waals surface area contributed by atoms with Gasteiger partial charge in [0, 0.05) is 16.7 Å². The van der Waals surface area contributed by atoms with E-state index in [1.54, 1.807) is 24.4 Å². The van der Waals surface area contributed by atoms with Gasteiger partial charge in [0.05, 0.1) is 12.7 Å². The van der Waals surface area contributed by atoms with Gasteiger partial charge in [-0.25, -0.2) is 9.78 Å². The lowest BCUT2D eigenvalue weighted by molar-refractivity contribution is 0.0600. The molecule has 5 heteroatoms. The van der Waals surface area contributed by atoms with Crippen LogP contribution in [0.25, 0.3) is 0 Å². The van der Waals surface area contributed by atoms with E-state index < -0.39 is 0 Å². The number of nitrogens with zero attached hydrogens (tertiary/aromatic N) is 1. The summed E-state index contributed by atoms with van der Waals surface area (Å²) in [6.07, 6.45) is 1.67.